The summed E-state index contributed by atoms with van der Waals surface area (Å²) in [6, 6.07) is 1.53. The summed E-state index contributed by atoms with van der Waals surface area (Å²) in [5.41, 5.74) is 0.239. The second kappa shape index (κ2) is 6.40. The van der Waals surface area contributed by atoms with Gasteiger partial charge in [0.1, 0.15) is 12.3 Å². The van der Waals surface area contributed by atoms with Gasteiger partial charge in [-0.3, -0.25) is 4.99 Å². The van der Waals surface area contributed by atoms with Gasteiger partial charge in [-0.05, 0) is 10.1 Å². The van der Waals surface area contributed by atoms with E-state index in [0.29, 0.717) is 10.9 Å². The second-order valence-corrected chi connectivity index (χ2v) is 12.5. The average molecular weight is 338 g/mol. The van der Waals surface area contributed by atoms with Crippen LogP contribution in [0.1, 0.15) is 41.5 Å². The minimum absolute atomic E-state index is 0.125. The molecule has 0 aromatic carbocycles. The topological polar surface area (TPSA) is 46.8 Å². The van der Waals surface area contributed by atoms with Gasteiger partial charge in [0, 0.05) is 11.3 Å². The molecule has 0 aliphatic heterocycles. The normalized spacial score (nSPS) is 13.8. The molecule has 0 atom stereocenters. The molecule has 1 heterocycles. The molecule has 1 rings (SSSR count). The monoisotopic (exact) mass is 338 g/mol. The Morgan fingerprint density at radius 1 is 1.30 bits per heavy atom. The standard InChI is InChI=1S/C17H27FN2O2Si/c1-9-10-19-15-11-13(22-8)14(12-20(15)21)23(18,16(2,3)4)17(5,6)7/h1,11-12,21H,10H2,2-8H3. The van der Waals surface area contributed by atoms with Gasteiger partial charge in [0.2, 0.25) is 0 Å². The van der Waals surface area contributed by atoms with Crippen molar-refractivity contribution in [2.75, 3.05) is 13.7 Å². The Hall–Kier alpha value is -1.74. The minimum atomic E-state index is -3.57. The van der Waals surface area contributed by atoms with Crippen molar-refractivity contribution in [1.29, 1.82) is 0 Å². The quantitative estimate of drug-likeness (QED) is 0.399. The number of rotatable bonds is 3. The fourth-order valence-electron chi connectivity index (χ4n) is 3.12. The van der Waals surface area contributed by atoms with Gasteiger partial charge in [-0.2, -0.15) is 4.73 Å². The number of aromatic nitrogens is 1. The summed E-state index contributed by atoms with van der Waals surface area (Å²) in [5.74, 6) is 2.77. The predicted molar refractivity (Wildman–Crippen MR) is 93.4 cm³/mol. The molecule has 0 spiro atoms. The van der Waals surface area contributed by atoms with Gasteiger partial charge in [0.15, 0.2) is 5.49 Å². The van der Waals surface area contributed by atoms with Crippen molar-refractivity contribution in [3.8, 4) is 18.1 Å². The van der Waals surface area contributed by atoms with Crippen LogP contribution in [0.4, 0.5) is 4.11 Å². The molecule has 23 heavy (non-hydrogen) atoms. The molecular weight excluding hydrogens is 311 g/mol. The first-order chi connectivity index (χ1) is 10.4. The van der Waals surface area contributed by atoms with Crippen molar-refractivity contribution < 1.29 is 14.1 Å². The van der Waals surface area contributed by atoms with Gasteiger partial charge in [0.25, 0.3) is 8.41 Å². The number of ether oxygens (including phenoxy) is 1. The number of nitrogens with zero attached hydrogens (tertiary/aromatic N) is 2. The molecule has 0 saturated carbocycles. The smallest absolute Gasteiger partial charge is 0.293 e. The molecule has 4 nitrogen and oxygen atoms in total. The Morgan fingerprint density at radius 2 is 1.83 bits per heavy atom. The Morgan fingerprint density at radius 3 is 2.22 bits per heavy atom. The highest BCUT2D eigenvalue weighted by Crippen LogP contribution is 2.52. The Bertz CT molecular complexity index is 662. The number of pyridine rings is 1. The fraction of sp³-hybridized carbons (Fsp3) is 0.588. The summed E-state index contributed by atoms with van der Waals surface area (Å²) in [6.45, 7) is 11.5. The molecule has 0 fully saturated rings. The van der Waals surface area contributed by atoms with E-state index in [1.807, 2.05) is 41.5 Å². The maximum atomic E-state index is 16.4. The summed E-state index contributed by atoms with van der Waals surface area (Å²) < 4.78 is 22.7. The van der Waals surface area contributed by atoms with Crippen LogP contribution in [-0.2, 0) is 0 Å². The predicted octanol–water partition coefficient (Wildman–Crippen LogP) is 2.99. The number of terminal acetylenes is 1. The van der Waals surface area contributed by atoms with Gasteiger partial charge >= 0.3 is 0 Å². The van der Waals surface area contributed by atoms with Crippen LogP contribution in [0.2, 0.25) is 10.1 Å². The maximum Gasteiger partial charge on any atom is 0.293 e. The first kappa shape index (κ1) is 19.3. The SMILES string of the molecule is C#CCN=c1cc(OC)c([Si](F)(C(C)(C)C)C(C)(C)C)cn1O. The molecule has 0 amide bonds. The molecule has 0 aliphatic carbocycles. The van der Waals surface area contributed by atoms with Crippen LogP contribution in [0.15, 0.2) is 17.3 Å². The van der Waals surface area contributed by atoms with E-state index < -0.39 is 18.5 Å². The highest BCUT2D eigenvalue weighted by Gasteiger charge is 2.58. The third kappa shape index (κ3) is 3.45. The molecule has 0 radical (unpaired) electrons. The first-order valence-corrected chi connectivity index (χ1v) is 9.41. The zero-order valence-electron chi connectivity index (χ0n) is 15.1. The van der Waals surface area contributed by atoms with Crippen molar-refractivity contribution in [2.45, 2.75) is 51.6 Å². The highest BCUT2D eigenvalue weighted by molar-refractivity contribution is 6.91. The molecular formula is C17H27FN2O2Si. The number of methoxy groups -OCH3 is 1. The average Bonchev–Trinajstić information content (AvgIpc) is 2.42. The molecule has 1 aromatic rings. The number of hydrogen-bond donors (Lipinski definition) is 1. The van der Waals surface area contributed by atoms with E-state index >= 15 is 4.11 Å². The maximum absolute atomic E-state index is 16.4. The van der Waals surface area contributed by atoms with Crippen molar-refractivity contribution in [1.82, 2.24) is 4.73 Å². The lowest BCUT2D eigenvalue weighted by Crippen LogP contribution is -2.59. The van der Waals surface area contributed by atoms with Crippen molar-refractivity contribution in [2.24, 2.45) is 4.99 Å². The first-order valence-electron chi connectivity index (χ1n) is 7.53. The second-order valence-electron chi connectivity index (χ2n) is 7.64. The van der Waals surface area contributed by atoms with Crippen LogP contribution < -0.4 is 15.4 Å². The molecule has 1 N–H and O–H groups in total. The molecule has 6 heteroatoms. The lowest BCUT2D eigenvalue weighted by atomic mass is 10.2. The van der Waals surface area contributed by atoms with Gasteiger partial charge in [-0.25, -0.2) is 0 Å². The third-order valence-corrected chi connectivity index (χ3v) is 9.25. The molecule has 0 bridgehead atoms. The molecule has 0 aliphatic rings. The lowest BCUT2D eigenvalue weighted by Gasteiger charge is -2.45. The van der Waals surface area contributed by atoms with E-state index in [4.69, 9.17) is 11.2 Å². The van der Waals surface area contributed by atoms with E-state index in [-0.39, 0.29) is 12.0 Å². The van der Waals surface area contributed by atoms with E-state index in [1.54, 1.807) is 0 Å². The zero-order chi connectivity index (χ0) is 18.1. The Balaban J connectivity index is 3.77. The van der Waals surface area contributed by atoms with Crippen LogP contribution >= 0.6 is 0 Å². The van der Waals surface area contributed by atoms with Crippen LogP contribution in [0, 0.1) is 12.3 Å². The number of hydrogen-bond acceptors (Lipinski definition) is 3. The van der Waals surface area contributed by atoms with E-state index in [1.165, 1.54) is 19.4 Å². The van der Waals surface area contributed by atoms with Gasteiger partial charge in [0.05, 0.1) is 13.3 Å². The molecule has 1 aromatic heterocycles. The van der Waals surface area contributed by atoms with Crippen molar-refractivity contribution >= 4 is 13.6 Å². The lowest BCUT2D eigenvalue weighted by molar-refractivity contribution is 0.171. The van der Waals surface area contributed by atoms with Gasteiger partial charge in [-0.15, -0.1) is 6.42 Å². The van der Waals surface area contributed by atoms with Crippen molar-refractivity contribution in [3.63, 3.8) is 0 Å². The Labute approximate surface area is 139 Å². The Kier molecular flexibility index (Phi) is 5.37. The summed E-state index contributed by atoms with van der Waals surface area (Å²) in [4.78, 5) is 4.07. The summed E-state index contributed by atoms with van der Waals surface area (Å²) in [6.07, 6.45) is 6.58. The van der Waals surface area contributed by atoms with E-state index in [9.17, 15) is 5.21 Å². The van der Waals surface area contributed by atoms with Crippen LogP contribution in [0.3, 0.4) is 0 Å². The van der Waals surface area contributed by atoms with E-state index in [2.05, 4.69) is 10.9 Å². The highest BCUT2D eigenvalue weighted by atomic mass is 28.4. The molecule has 0 saturated heterocycles. The zero-order valence-corrected chi connectivity index (χ0v) is 16.1. The van der Waals surface area contributed by atoms with Crippen LogP contribution in [0.25, 0.3) is 0 Å². The van der Waals surface area contributed by atoms with Crippen molar-refractivity contribution in [3.05, 3.63) is 17.8 Å². The van der Waals surface area contributed by atoms with Crippen LogP contribution in [0.5, 0.6) is 5.75 Å². The summed E-state index contributed by atoms with van der Waals surface area (Å²) >= 11 is 0. The molecule has 128 valence electrons. The van der Waals surface area contributed by atoms with E-state index in [0.717, 1.165) is 4.73 Å². The van der Waals surface area contributed by atoms with Crippen LogP contribution in [-0.4, -0.2) is 32.0 Å². The molecule has 0 unspecified atom stereocenters. The third-order valence-electron chi connectivity index (χ3n) is 4.00. The number of halogens is 1. The van der Waals surface area contributed by atoms with Gasteiger partial charge in [-0.1, -0.05) is 47.5 Å². The summed E-state index contributed by atoms with van der Waals surface area (Å²) in [7, 11) is -2.08. The summed E-state index contributed by atoms with van der Waals surface area (Å²) in [5, 5.41) is 9.45. The largest absolute Gasteiger partial charge is 0.497 e. The van der Waals surface area contributed by atoms with Gasteiger partial charge < -0.3 is 14.1 Å². The minimum Gasteiger partial charge on any atom is -0.497 e. The fourth-order valence-corrected chi connectivity index (χ4v) is 7.80.